The smallest absolute Gasteiger partial charge is 0.192 e. The molecule has 2 N–H and O–H groups in total. The molecule has 6 heteroatoms. The number of anilines is 2. The number of aromatic nitrogens is 1. The van der Waals surface area contributed by atoms with Crippen LogP contribution in [0.25, 0.3) is 0 Å². The van der Waals surface area contributed by atoms with Crippen molar-refractivity contribution in [3.63, 3.8) is 0 Å². The second-order valence-electron chi connectivity index (χ2n) is 10.7. The SMILES string of the molecule is CC(C)(c1ccc(CO[Si](C)(C)C(C)(C)C)cc1)N1CCN(c2ccc(N)nc2)CC1. The molecule has 2 aromatic rings. The van der Waals surface area contributed by atoms with Crippen LogP contribution in [-0.4, -0.2) is 44.4 Å². The molecule has 1 fully saturated rings. The Morgan fingerprint density at radius 2 is 1.55 bits per heavy atom. The van der Waals surface area contributed by atoms with Crippen LogP contribution in [0.1, 0.15) is 45.7 Å². The van der Waals surface area contributed by atoms with Gasteiger partial charge in [-0.2, -0.15) is 0 Å². The number of hydrogen-bond donors (Lipinski definition) is 1. The Labute approximate surface area is 189 Å². The lowest BCUT2D eigenvalue weighted by Gasteiger charge is -2.45. The number of benzene rings is 1. The van der Waals surface area contributed by atoms with Crippen LogP contribution in [0.15, 0.2) is 42.6 Å². The van der Waals surface area contributed by atoms with Crippen LogP contribution in [0.2, 0.25) is 18.1 Å². The van der Waals surface area contributed by atoms with Crippen LogP contribution < -0.4 is 10.6 Å². The maximum Gasteiger partial charge on any atom is 0.192 e. The first-order valence-electron chi connectivity index (χ1n) is 11.3. The summed E-state index contributed by atoms with van der Waals surface area (Å²) in [5.74, 6) is 0.571. The van der Waals surface area contributed by atoms with Gasteiger partial charge in [0, 0.05) is 31.7 Å². The number of rotatable bonds is 6. The van der Waals surface area contributed by atoms with Gasteiger partial charge < -0.3 is 15.1 Å². The fourth-order valence-corrected chi connectivity index (χ4v) is 4.74. The van der Waals surface area contributed by atoms with E-state index in [0.717, 1.165) is 31.9 Å². The largest absolute Gasteiger partial charge is 0.413 e. The summed E-state index contributed by atoms with van der Waals surface area (Å²) >= 11 is 0. The second-order valence-corrected chi connectivity index (χ2v) is 15.5. The summed E-state index contributed by atoms with van der Waals surface area (Å²) in [4.78, 5) is 9.20. The maximum absolute atomic E-state index is 6.39. The van der Waals surface area contributed by atoms with Gasteiger partial charge in [-0.1, -0.05) is 45.0 Å². The molecule has 0 amide bonds. The minimum Gasteiger partial charge on any atom is -0.413 e. The number of nitrogens with zero attached hydrogens (tertiary/aromatic N) is 3. The summed E-state index contributed by atoms with van der Waals surface area (Å²) < 4.78 is 6.39. The first-order chi connectivity index (χ1) is 14.4. The highest BCUT2D eigenvalue weighted by molar-refractivity contribution is 6.74. The third kappa shape index (κ3) is 5.48. The molecule has 0 bridgehead atoms. The van der Waals surface area contributed by atoms with E-state index in [1.165, 1.54) is 11.1 Å². The Hall–Kier alpha value is -1.89. The van der Waals surface area contributed by atoms with Crippen LogP contribution in [0, 0.1) is 0 Å². The minimum absolute atomic E-state index is 0.00965. The first kappa shape index (κ1) is 23.8. The molecule has 1 aliphatic heterocycles. The van der Waals surface area contributed by atoms with Crippen LogP contribution in [0.4, 0.5) is 11.5 Å². The summed E-state index contributed by atoms with van der Waals surface area (Å²) in [5.41, 5.74) is 9.47. The fourth-order valence-electron chi connectivity index (χ4n) is 3.78. The lowest BCUT2D eigenvalue weighted by atomic mass is 9.91. The van der Waals surface area contributed by atoms with Gasteiger partial charge in [-0.05, 0) is 55.2 Å². The highest BCUT2D eigenvalue weighted by atomic mass is 28.4. The zero-order valence-corrected chi connectivity index (χ0v) is 21.4. The van der Waals surface area contributed by atoms with E-state index in [9.17, 15) is 0 Å². The molecule has 5 nitrogen and oxygen atoms in total. The Balaban J connectivity index is 1.60. The summed E-state index contributed by atoms with van der Waals surface area (Å²) in [6.45, 7) is 20.9. The first-order valence-corrected chi connectivity index (χ1v) is 14.3. The van der Waals surface area contributed by atoms with E-state index in [-0.39, 0.29) is 10.6 Å². The zero-order valence-electron chi connectivity index (χ0n) is 20.4. The van der Waals surface area contributed by atoms with E-state index in [1.807, 2.05) is 12.3 Å². The number of nitrogens with two attached hydrogens (primary N) is 1. The standard InChI is InChI=1S/C25H40N4OSi/c1-24(2,3)31(6,7)30-19-20-8-10-21(11-9-20)25(4,5)29-16-14-28(15-17-29)22-12-13-23(26)27-18-22/h8-13,18H,14-17,19H2,1-7H3,(H2,26,27). The molecule has 1 aromatic carbocycles. The van der Waals surface area contributed by atoms with E-state index in [0.29, 0.717) is 12.4 Å². The molecule has 170 valence electrons. The molecule has 0 atom stereocenters. The van der Waals surface area contributed by atoms with Crippen molar-refractivity contribution in [2.45, 2.75) is 64.9 Å². The van der Waals surface area contributed by atoms with Crippen LogP contribution >= 0.6 is 0 Å². The zero-order chi connectivity index (χ0) is 22.9. The Morgan fingerprint density at radius 1 is 0.935 bits per heavy atom. The van der Waals surface area contributed by atoms with Crippen LogP contribution in [0.5, 0.6) is 0 Å². The molecule has 0 radical (unpaired) electrons. The highest BCUT2D eigenvalue weighted by Crippen LogP contribution is 2.37. The van der Waals surface area contributed by atoms with Gasteiger partial charge in [0.25, 0.3) is 0 Å². The topological polar surface area (TPSA) is 54.6 Å². The Morgan fingerprint density at radius 3 is 2.06 bits per heavy atom. The molecular formula is C25H40N4OSi. The van der Waals surface area contributed by atoms with Crippen molar-refractivity contribution < 1.29 is 4.43 Å². The molecule has 0 saturated carbocycles. The van der Waals surface area contributed by atoms with Gasteiger partial charge in [0.2, 0.25) is 0 Å². The average molecular weight is 441 g/mol. The van der Waals surface area contributed by atoms with Crippen molar-refractivity contribution >= 4 is 19.8 Å². The van der Waals surface area contributed by atoms with E-state index < -0.39 is 8.32 Å². The molecule has 1 saturated heterocycles. The van der Waals surface area contributed by atoms with Gasteiger partial charge in [-0.25, -0.2) is 4.98 Å². The normalized spacial score (nSPS) is 16.5. The Bertz CT molecular complexity index is 849. The van der Waals surface area contributed by atoms with Gasteiger partial charge in [0.05, 0.1) is 18.5 Å². The van der Waals surface area contributed by atoms with Gasteiger partial charge >= 0.3 is 0 Å². The van der Waals surface area contributed by atoms with E-state index in [4.69, 9.17) is 10.2 Å². The van der Waals surface area contributed by atoms with E-state index >= 15 is 0 Å². The average Bonchev–Trinajstić information content (AvgIpc) is 2.72. The maximum atomic E-state index is 6.39. The summed E-state index contributed by atoms with van der Waals surface area (Å²) in [5, 5.41) is 0.236. The third-order valence-electron chi connectivity index (χ3n) is 7.27. The fraction of sp³-hybridized carbons (Fsp3) is 0.560. The lowest BCUT2D eigenvalue weighted by molar-refractivity contribution is 0.111. The Kier molecular flexibility index (Phi) is 6.84. The molecule has 0 spiro atoms. The number of nitrogen functional groups attached to an aromatic ring is 1. The van der Waals surface area contributed by atoms with Gasteiger partial charge in [0.15, 0.2) is 8.32 Å². The molecule has 0 aliphatic carbocycles. The molecular weight excluding hydrogens is 400 g/mol. The lowest BCUT2D eigenvalue weighted by Crippen LogP contribution is -2.53. The highest BCUT2D eigenvalue weighted by Gasteiger charge is 2.37. The van der Waals surface area contributed by atoms with Gasteiger partial charge in [0.1, 0.15) is 5.82 Å². The van der Waals surface area contributed by atoms with Crippen molar-refractivity contribution in [3.05, 3.63) is 53.7 Å². The van der Waals surface area contributed by atoms with Crippen molar-refractivity contribution in [1.29, 1.82) is 0 Å². The minimum atomic E-state index is -1.73. The number of hydrogen-bond acceptors (Lipinski definition) is 5. The van der Waals surface area contributed by atoms with E-state index in [2.05, 4.69) is 92.8 Å². The quantitative estimate of drug-likeness (QED) is 0.622. The van der Waals surface area contributed by atoms with E-state index in [1.54, 1.807) is 0 Å². The van der Waals surface area contributed by atoms with Crippen molar-refractivity contribution in [2.75, 3.05) is 36.8 Å². The summed E-state index contributed by atoms with van der Waals surface area (Å²) in [6, 6.07) is 13.0. The molecule has 0 unspecified atom stereocenters. The van der Waals surface area contributed by atoms with Crippen molar-refractivity contribution in [1.82, 2.24) is 9.88 Å². The molecule has 1 aromatic heterocycles. The number of piperazine rings is 1. The third-order valence-corrected chi connectivity index (χ3v) is 11.8. The summed E-state index contributed by atoms with van der Waals surface area (Å²) in [7, 11) is -1.73. The van der Waals surface area contributed by atoms with Crippen LogP contribution in [0.3, 0.4) is 0 Å². The number of pyridine rings is 1. The van der Waals surface area contributed by atoms with Crippen molar-refractivity contribution in [2.24, 2.45) is 0 Å². The van der Waals surface area contributed by atoms with Gasteiger partial charge in [-0.15, -0.1) is 0 Å². The van der Waals surface area contributed by atoms with Gasteiger partial charge in [-0.3, -0.25) is 4.90 Å². The van der Waals surface area contributed by atoms with Crippen LogP contribution in [-0.2, 0) is 16.6 Å². The molecule has 3 rings (SSSR count). The summed E-state index contributed by atoms with van der Waals surface area (Å²) in [6.07, 6.45) is 1.88. The van der Waals surface area contributed by atoms with Crippen molar-refractivity contribution in [3.8, 4) is 0 Å². The molecule has 2 heterocycles. The molecule has 1 aliphatic rings. The predicted octanol–water partition coefficient (Wildman–Crippen LogP) is 5.24. The predicted molar refractivity (Wildman–Crippen MR) is 134 cm³/mol. The monoisotopic (exact) mass is 440 g/mol. The molecule has 31 heavy (non-hydrogen) atoms. The second kappa shape index (κ2) is 8.92.